The summed E-state index contributed by atoms with van der Waals surface area (Å²) < 4.78 is 6.93. The Morgan fingerprint density at radius 1 is 1.23 bits per heavy atom. The van der Waals surface area contributed by atoms with E-state index in [1.165, 1.54) is 16.8 Å². The van der Waals surface area contributed by atoms with E-state index in [4.69, 9.17) is 9.73 Å². The van der Waals surface area contributed by atoms with E-state index in [1.807, 2.05) is 12.2 Å². The maximum Gasteiger partial charge on any atom is 0.335 e. The highest BCUT2D eigenvalue weighted by Crippen LogP contribution is 2.30. The van der Waals surface area contributed by atoms with Crippen molar-refractivity contribution in [3.63, 3.8) is 0 Å². The molecule has 2 aromatic rings. The van der Waals surface area contributed by atoms with Crippen molar-refractivity contribution in [3.8, 4) is 5.69 Å². The van der Waals surface area contributed by atoms with E-state index in [2.05, 4.69) is 15.2 Å². The van der Waals surface area contributed by atoms with Gasteiger partial charge in [-0.1, -0.05) is 23.4 Å². The van der Waals surface area contributed by atoms with Gasteiger partial charge in [0.2, 0.25) is 0 Å². The zero-order valence-corrected chi connectivity index (χ0v) is 16.5. The molecule has 0 bridgehead atoms. The Kier molecular flexibility index (Phi) is 4.79. The molecule has 156 valence electrons. The zero-order valence-electron chi connectivity index (χ0n) is 16.5. The van der Waals surface area contributed by atoms with Crippen molar-refractivity contribution in [2.75, 3.05) is 26.3 Å². The maximum absolute atomic E-state index is 12.8. The Morgan fingerprint density at radius 3 is 2.87 bits per heavy atom. The molecule has 1 atom stereocenters. The van der Waals surface area contributed by atoms with Crippen LogP contribution in [-0.2, 0) is 9.53 Å². The minimum Gasteiger partial charge on any atom is -0.478 e. The van der Waals surface area contributed by atoms with Crippen LogP contribution in [0.5, 0.6) is 0 Å². The van der Waals surface area contributed by atoms with Gasteiger partial charge in [0.25, 0.3) is 0 Å². The number of aliphatic imine (C=N–C) groups is 1. The van der Waals surface area contributed by atoms with Crippen LogP contribution < -0.4 is 0 Å². The number of carbonyl (C=O) groups is 2. The van der Waals surface area contributed by atoms with Crippen molar-refractivity contribution in [2.24, 2.45) is 4.99 Å². The predicted octanol–water partition coefficient (Wildman–Crippen LogP) is 1.74. The summed E-state index contributed by atoms with van der Waals surface area (Å²) in [7, 11) is 0. The molecule has 5 rings (SSSR count). The summed E-state index contributed by atoms with van der Waals surface area (Å²) in [6.45, 7) is 2.58. The van der Waals surface area contributed by atoms with Gasteiger partial charge in [0.15, 0.2) is 5.78 Å². The Bertz CT molecular complexity index is 1180. The van der Waals surface area contributed by atoms with Gasteiger partial charge in [-0.15, -0.1) is 5.10 Å². The van der Waals surface area contributed by atoms with E-state index in [-0.39, 0.29) is 17.3 Å². The fourth-order valence-corrected chi connectivity index (χ4v) is 3.82. The number of rotatable bonds is 4. The Balaban J connectivity index is 1.47. The summed E-state index contributed by atoms with van der Waals surface area (Å²) in [5, 5.41) is 17.7. The number of nitrogens with zero attached hydrogens (tertiary/aromatic N) is 5. The average molecular weight is 417 g/mol. The average Bonchev–Trinajstić information content (AvgIpc) is 3.29. The normalized spacial score (nSPS) is 20.6. The van der Waals surface area contributed by atoms with Gasteiger partial charge < -0.3 is 14.7 Å². The Labute approximate surface area is 177 Å². The number of carbonyl (C=O) groups excluding carboxylic acids is 1. The quantitative estimate of drug-likeness (QED) is 0.807. The standard InChI is InChI=1S/C22H19N5O4/c28-19-12-20(26-7-9-31-10-8-26)23-21-16(5-2-6-17(19)21)18-13-27(25-24-18)15-4-1-3-14(11-15)22(29)30/h1-6,11-13,16H,7-10H2,(H,29,30). The highest BCUT2D eigenvalue weighted by atomic mass is 16.5. The molecule has 9 heteroatoms. The summed E-state index contributed by atoms with van der Waals surface area (Å²) in [6.07, 6.45) is 8.84. The summed E-state index contributed by atoms with van der Waals surface area (Å²) in [5.41, 5.74) is 2.57. The lowest BCUT2D eigenvalue weighted by molar-refractivity contribution is -0.111. The molecule has 0 amide bonds. The highest BCUT2D eigenvalue weighted by Gasteiger charge is 2.32. The number of hydrogen-bond acceptors (Lipinski definition) is 7. The smallest absolute Gasteiger partial charge is 0.335 e. The van der Waals surface area contributed by atoms with E-state index in [9.17, 15) is 14.7 Å². The molecule has 1 fully saturated rings. The third-order valence-electron chi connectivity index (χ3n) is 5.42. The molecule has 3 heterocycles. The summed E-state index contributed by atoms with van der Waals surface area (Å²) in [5.74, 6) is -0.778. The second-order valence-corrected chi connectivity index (χ2v) is 7.35. The van der Waals surface area contributed by atoms with Crippen LogP contribution in [0.15, 0.2) is 71.2 Å². The molecule has 0 radical (unpaired) electrons. The minimum absolute atomic E-state index is 0.0811. The molecular weight excluding hydrogens is 398 g/mol. The van der Waals surface area contributed by atoms with E-state index in [1.54, 1.807) is 30.5 Å². The number of carboxylic acid groups (broad SMARTS) is 1. The number of aromatic carboxylic acids is 1. The number of fused-ring (bicyclic) bond motifs is 1. The van der Waals surface area contributed by atoms with Crippen molar-refractivity contribution in [1.82, 2.24) is 19.9 Å². The van der Waals surface area contributed by atoms with Crippen LogP contribution in [0.4, 0.5) is 0 Å². The number of morpholine rings is 1. The second kappa shape index (κ2) is 7.77. The fourth-order valence-electron chi connectivity index (χ4n) is 3.82. The zero-order chi connectivity index (χ0) is 21.4. The number of benzene rings is 1. The number of ether oxygens (including phenoxy) is 1. The molecule has 2 aliphatic heterocycles. The lowest BCUT2D eigenvalue weighted by Gasteiger charge is -2.31. The van der Waals surface area contributed by atoms with Crippen molar-refractivity contribution < 1.29 is 19.4 Å². The second-order valence-electron chi connectivity index (χ2n) is 7.35. The predicted molar refractivity (Wildman–Crippen MR) is 111 cm³/mol. The molecule has 31 heavy (non-hydrogen) atoms. The van der Waals surface area contributed by atoms with Crippen molar-refractivity contribution >= 4 is 17.5 Å². The first-order valence-corrected chi connectivity index (χ1v) is 9.92. The van der Waals surface area contributed by atoms with Gasteiger partial charge in [0, 0.05) is 24.7 Å². The molecule has 9 nitrogen and oxygen atoms in total. The molecule has 1 aliphatic carbocycles. The number of hydrogen-bond donors (Lipinski definition) is 1. The van der Waals surface area contributed by atoms with Gasteiger partial charge in [-0.3, -0.25) is 4.79 Å². The van der Waals surface area contributed by atoms with Crippen LogP contribution in [0, 0.1) is 0 Å². The Morgan fingerprint density at radius 2 is 2.06 bits per heavy atom. The highest BCUT2D eigenvalue weighted by molar-refractivity contribution is 6.30. The van der Waals surface area contributed by atoms with E-state index in [0.717, 1.165) is 0 Å². The third kappa shape index (κ3) is 3.59. The number of ketones is 1. The van der Waals surface area contributed by atoms with Crippen LogP contribution >= 0.6 is 0 Å². The first-order valence-electron chi connectivity index (χ1n) is 9.92. The molecule has 1 aromatic heterocycles. The molecule has 1 N–H and O–H groups in total. The first-order chi connectivity index (χ1) is 15.1. The summed E-state index contributed by atoms with van der Waals surface area (Å²) >= 11 is 0. The van der Waals surface area contributed by atoms with E-state index >= 15 is 0 Å². The third-order valence-corrected chi connectivity index (χ3v) is 5.42. The van der Waals surface area contributed by atoms with Crippen LogP contribution in [0.25, 0.3) is 5.69 Å². The van der Waals surface area contributed by atoms with Crippen molar-refractivity contribution in [2.45, 2.75) is 5.92 Å². The van der Waals surface area contributed by atoms with Crippen LogP contribution in [0.2, 0.25) is 0 Å². The summed E-state index contributed by atoms with van der Waals surface area (Å²) in [6, 6.07) is 6.47. The molecule has 3 aliphatic rings. The molecule has 0 saturated carbocycles. The van der Waals surface area contributed by atoms with Gasteiger partial charge in [-0.25, -0.2) is 14.5 Å². The Hall–Kier alpha value is -3.85. The SMILES string of the molecule is O=C1C=C(N2CCOCC2)N=C2C1=CC=CC2c1cn(-c2cccc(C(=O)O)c2)nn1. The number of allylic oxidation sites excluding steroid dienone is 5. The first kappa shape index (κ1) is 19.1. The monoisotopic (exact) mass is 417 g/mol. The van der Waals surface area contributed by atoms with E-state index < -0.39 is 5.97 Å². The molecule has 1 saturated heterocycles. The topological polar surface area (TPSA) is 110 Å². The van der Waals surface area contributed by atoms with Crippen molar-refractivity contribution in [1.29, 1.82) is 0 Å². The number of carboxylic acids is 1. The van der Waals surface area contributed by atoms with Gasteiger partial charge in [-0.05, 0) is 24.3 Å². The lowest BCUT2D eigenvalue weighted by atomic mass is 9.86. The van der Waals surface area contributed by atoms with Crippen molar-refractivity contribution in [3.05, 3.63) is 77.4 Å². The van der Waals surface area contributed by atoms with Gasteiger partial charge in [0.05, 0.1) is 48.0 Å². The molecule has 1 unspecified atom stereocenters. The molecular formula is C22H19N5O4. The van der Waals surface area contributed by atoms with Crippen LogP contribution in [-0.4, -0.2) is 68.8 Å². The van der Waals surface area contributed by atoms with Gasteiger partial charge in [-0.2, -0.15) is 0 Å². The van der Waals surface area contributed by atoms with Crippen LogP contribution in [0.1, 0.15) is 22.0 Å². The minimum atomic E-state index is -1.01. The molecule has 1 aromatic carbocycles. The fraction of sp³-hybridized carbons (Fsp3) is 0.227. The van der Waals surface area contributed by atoms with Gasteiger partial charge in [0.1, 0.15) is 5.82 Å². The largest absolute Gasteiger partial charge is 0.478 e. The van der Waals surface area contributed by atoms with E-state index in [0.29, 0.717) is 54.8 Å². The lowest BCUT2D eigenvalue weighted by Crippen LogP contribution is -2.37. The maximum atomic E-state index is 12.8. The summed E-state index contributed by atoms with van der Waals surface area (Å²) in [4.78, 5) is 30.9. The number of aromatic nitrogens is 3. The van der Waals surface area contributed by atoms with Crippen LogP contribution in [0.3, 0.4) is 0 Å². The van der Waals surface area contributed by atoms with Gasteiger partial charge >= 0.3 is 5.97 Å². The molecule has 0 spiro atoms.